The number of oxazole rings is 1. The van der Waals surface area contributed by atoms with Gasteiger partial charge in [-0.3, -0.25) is 4.90 Å². The van der Waals surface area contributed by atoms with Crippen LogP contribution in [0.3, 0.4) is 0 Å². The SMILES string of the molecule is Cc1oc(-c2cccs2)nc1CN(C)CC1CNCCO1. The molecule has 0 bridgehead atoms. The summed E-state index contributed by atoms with van der Waals surface area (Å²) >= 11 is 1.65. The van der Waals surface area contributed by atoms with E-state index in [9.17, 15) is 0 Å². The number of thiophene rings is 1. The van der Waals surface area contributed by atoms with Crippen molar-refractivity contribution in [3.05, 3.63) is 29.0 Å². The van der Waals surface area contributed by atoms with Crippen molar-refractivity contribution in [1.82, 2.24) is 15.2 Å². The second kappa shape index (κ2) is 6.70. The summed E-state index contributed by atoms with van der Waals surface area (Å²) in [5.74, 6) is 1.62. The van der Waals surface area contributed by atoms with Gasteiger partial charge in [-0.25, -0.2) is 4.98 Å². The van der Waals surface area contributed by atoms with Crippen LogP contribution in [0.15, 0.2) is 21.9 Å². The lowest BCUT2D eigenvalue weighted by Gasteiger charge is -2.27. The number of likely N-dealkylation sites (N-methyl/N-ethyl adjacent to an activating group) is 1. The number of hydrogen-bond acceptors (Lipinski definition) is 6. The van der Waals surface area contributed by atoms with Gasteiger partial charge in [0.05, 0.1) is 23.3 Å². The summed E-state index contributed by atoms with van der Waals surface area (Å²) in [7, 11) is 2.09. The molecular weight excluding hydrogens is 286 g/mol. The lowest BCUT2D eigenvalue weighted by atomic mass is 10.2. The zero-order valence-electron chi connectivity index (χ0n) is 12.5. The standard InChI is InChI=1S/C15H21N3O2S/c1-11-13(17-15(20-11)14-4-3-7-21-14)10-18(2)9-12-8-16-5-6-19-12/h3-4,7,12,16H,5-6,8-10H2,1-2H3. The molecule has 21 heavy (non-hydrogen) atoms. The molecule has 2 aromatic rings. The first-order valence-corrected chi connectivity index (χ1v) is 8.11. The van der Waals surface area contributed by atoms with Crippen molar-refractivity contribution >= 4 is 11.3 Å². The maximum absolute atomic E-state index is 5.78. The average Bonchev–Trinajstić information content (AvgIpc) is 3.10. The molecule has 0 aromatic carbocycles. The van der Waals surface area contributed by atoms with E-state index in [2.05, 4.69) is 22.2 Å². The number of ether oxygens (including phenoxy) is 1. The van der Waals surface area contributed by atoms with Crippen LogP contribution < -0.4 is 5.32 Å². The fourth-order valence-electron chi connectivity index (χ4n) is 2.49. The van der Waals surface area contributed by atoms with Gasteiger partial charge in [-0.15, -0.1) is 11.3 Å². The second-order valence-electron chi connectivity index (χ2n) is 5.39. The van der Waals surface area contributed by atoms with Crippen molar-refractivity contribution in [1.29, 1.82) is 0 Å². The Morgan fingerprint density at radius 2 is 2.43 bits per heavy atom. The number of nitrogens with one attached hydrogen (secondary N) is 1. The summed E-state index contributed by atoms with van der Waals surface area (Å²) in [6, 6.07) is 4.05. The zero-order chi connectivity index (χ0) is 14.7. The van der Waals surface area contributed by atoms with Crippen molar-refractivity contribution in [3.63, 3.8) is 0 Å². The van der Waals surface area contributed by atoms with Gasteiger partial charge in [-0.05, 0) is 25.4 Å². The highest BCUT2D eigenvalue weighted by Gasteiger charge is 2.18. The highest BCUT2D eigenvalue weighted by molar-refractivity contribution is 7.13. The predicted molar refractivity (Wildman–Crippen MR) is 83.5 cm³/mol. The van der Waals surface area contributed by atoms with E-state index in [1.54, 1.807) is 11.3 Å². The van der Waals surface area contributed by atoms with Gasteiger partial charge in [0, 0.05) is 26.2 Å². The van der Waals surface area contributed by atoms with Crippen LogP contribution in [0.5, 0.6) is 0 Å². The largest absolute Gasteiger partial charge is 0.440 e. The summed E-state index contributed by atoms with van der Waals surface area (Å²) in [5, 5.41) is 5.39. The minimum atomic E-state index is 0.257. The Hall–Kier alpha value is -1.21. The monoisotopic (exact) mass is 307 g/mol. The van der Waals surface area contributed by atoms with Crippen LogP contribution in [0.25, 0.3) is 10.8 Å². The highest BCUT2D eigenvalue weighted by atomic mass is 32.1. The second-order valence-corrected chi connectivity index (χ2v) is 6.34. The number of hydrogen-bond donors (Lipinski definition) is 1. The molecule has 0 spiro atoms. The van der Waals surface area contributed by atoms with Crippen molar-refractivity contribution in [3.8, 4) is 10.8 Å². The molecule has 1 atom stereocenters. The van der Waals surface area contributed by atoms with Gasteiger partial charge in [-0.1, -0.05) is 6.07 Å². The quantitative estimate of drug-likeness (QED) is 0.917. The summed E-state index contributed by atoms with van der Waals surface area (Å²) in [5.41, 5.74) is 1.00. The van der Waals surface area contributed by atoms with E-state index < -0.39 is 0 Å². The number of aromatic nitrogens is 1. The minimum absolute atomic E-state index is 0.257. The molecule has 1 N–H and O–H groups in total. The molecule has 3 heterocycles. The average molecular weight is 307 g/mol. The van der Waals surface area contributed by atoms with Gasteiger partial charge in [0.1, 0.15) is 5.76 Å². The molecule has 2 aromatic heterocycles. The first kappa shape index (κ1) is 14.7. The van der Waals surface area contributed by atoms with Gasteiger partial charge >= 0.3 is 0 Å². The Bertz CT molecular complexity index is 561. The Morgan fingerprint density at radius 1 is 1.52 bits per heavy atom. The summed E-state index contributed by atoms with van der Waals surface area (Å²) in [4.78, 5) is 7.94. The van der Waals surface area contributed by atoms with Gasteiger partial charge in [0.15, 0.2) is 0 Å². The van der Waals surface area contributed by atoms with Crippen molar-refractivity contribution in [2.24, 2.45) is 0 Å². The van der Waals surface area contributed by atoms with Gasteiger partial charge in [-0.2, -0.15) is 0 Å². The Kier molecular flexibility index (Phi) is 4.70. The number of rotatable bonds is 5. The molecule has 114 valence electrons. The molecule has 5 nitrogen and oxygen atoms in total. The van der Waals surface area contributed by atoms with Crippen LogP contribution in [-0.2, 0) is 11.3 Å². The first-order valence-electron chi connectivity index (χ1n) is 7.23. The first-order chi connectivity index (χ1) is 10.2. The van der Waals surface area contributed by atoms with Crippen LogP contribution in [0.1, 0.15) is 11.5 Å². The van der Waals surface area contributed by atoms with E-state index in [1.807, 2.05) is 24.4 Å². The van der Waals surface area contributed by atoms with Crippen LogP contribution in [0.4, 0.5) is 0 Å². The van der Waals surface area contributed by atoms with Crippen molar-refractivity contribution in [2.45, 2.75) is 19.6 Å². The summed E-state index contributed by atoms with van der Waals surface area (Å²) < 4.78 is 11.5. The molecule has 1 fully saturated rings. The maximum atomic E-state index is 5.78. The maximum Gasteiger partial charge on any atom is 0.236 e. The van der Waals surface area contributed by atoms with E-state index in [-0.39, 0.29) is 6.10 Å². The van der Waals surface area contributed by atoms with E-state index in [4.69, 9.17) is 9.15 Å². The normalized spacial score (nSPS) is 19.3. The fraction of sp³-hybridized carbons (Fsp3) is 0.533. The molecule has 0 aliphatic carbocycles. The lowest BCUT2D eigenvalue weighted by Crippen LogP contribution is -2.44. The van der Waals surface area contributed by atoms with Gasteiger partial charge in [0.2, 0.25) is 5.89 Å². The summed E-state index contributed by atoms with van der Waals surface area (Å²) in [6.45, 7) is 6.32. The molecule has 1 aliphatic rings. The molecule has 0 saturated carbocycles. The Morgan fingerprint density at radius 3 is 3.14 bits per heavy atom. The van der Waals surface area contributed by atoms with Gasteiger partial charge in [0.25, 0.3) is 0 Å². The van der Waals surface area contributed by atoms with Crippen molar-refractivity contribution < 1.29 is 9.15 Å². The molecule has 1 aliphatic heterocycles. The Labute approximate surface area is 128 Å². The molecule has 0 radical (unpaired) electrons. The van der Waals surface area contributed by atoms with Crippen molar-refractivity contribution in [2.75, 3.05) is 33.3 Å². The molecule has 0 amide bonds. The van der Waals surface area contributed by atoms with E-state index in [0.29, 0.717) is 0 Å². The number of aryl methyl sites for hydroxylation is 1. The van der Waals surface area contributed by atoms with Gasteiger partial charge < -0.3 is 14.5 Å². The van der Waals surface area contributed by atoms with Crippen LogP contribution in [0.2, 0.25) is 0 Å². The zero-order valence-corrected chi connectivity index (χ0v) is 13.3. The highest BCUT2D eigenvalue weighted by Crippen LogP contribution is 2.26. The number of morpholine rings is 1. The topological polar surface area (TPSA) is 50.5 Å². The smallest absolute Gasteiger partial charge is 0.236 e. The molecule has 1 unspecified atom stereocenters. The third-order valence-electron chi connectivity index (χ3n) is 3.56. The third kappa shape index (κ3) is 3.71. The van der Waals surface area contributed by atoms with E-state index in [1.165, 1.54) is 0 Å². The molecule has 3 rings (SSSR count). The van der Waals surface area contributed by atoms with E-state index in [0.717, 1.165) is 55.0 Å². The minimum Gasteiger partial charge on any atom is -0.440 e. The fourth-order valence-corrected chi connectivity index (χ4v) is 3.13. The van der Waals surface area contributed by atoms with Crippen LogP contribution >= 0.6 is 11.3 Å². The third-order valence-corrected chi connectivity index (χ3v) is 4.42. The molecule has 1 saturated heterocycles. The number of nitrogens with zero attached hydrogens (tertiary/aromatic N) is 2. The Balaban J connectivity index is 1.61. The predicted octanol–water partition coefficient (Wildman–Crippen LogP) is 2.13. The lowest BCUT2D eigenvalue weighted by molar-refractivity contribution is 0.00864. The van der Waals surface area contributed by atoms with E-state index >= 15 is 0 Å². The van der Waals surface area contributed by atoms with Crippen LogP contribution in [0, 0.1) is 6.92 Å². The molecular formula is C15H21N3O2S. The summed E-state index contributed by atoms with van der Waals surface area (Å²) in [6.07, 6.45) is 0.257. The molecule has 6 heteroatoms. The van der Waals surface area contributed by atoms with Crippen LogP contribution in [-0.4, -0.2) is 49.3 Å².